The lowest BCUT2D eigenvalue weighted by atomic mass is 10.1. The second-order valence-electron chi connectivity index (χ2n) is 6.95. The maximum atomic E-state index is 12.6. The van der Waals surface area contributed by atoms with Crippen molar-refractivity contribution in [3.8, 4) is 12.1 Å². The summed E-state index contributed by atoms with van der Waals surface area (Å²) in [5.41, 5.74) is 1.55. The number of phosphoric ester groups is 1. The van der Waals surface area contributed by atoms with Crippen LogP contribution in [0.5, 0.6) is 0 Å². The standard InChI is InChI=1S/C22H19N2O9P/c23-9-14-5-1-3-7-16(14)12-30-20-19(18(11-25)33-34(27,28)29)32-22(26)21(20)31-13-17-8-4-2-6-15(17)10-24/h1-8,18-19,25H,11-13H2,(H2,27,28,29). The second kappa shape index (κ2) is 10.9. The first-order valence-electron chi connectivity index (χ1n) is 9.79. The number of cyclic esters (lactones) is 1. The summed E-state index contributed by atoms with van der Waals surface area (Å²) < 4.78 is 32.4. The Hall–Kier alpha value is -3.70. The Bertz CT molecular complexity index is 1230. The van der Waals surface area contributed by atoms with Crippen LogP contribution < -0.4 is 0 Å². The van der Waals surface area contributed by atoms with Gasteiger partial charge in [-0.15, -0.1) is 0 Å². The molecule has 176 valence electrons. The van der Waals surface area contributed by atoms with Gasteiger partial charge in [0.2, 0.25) is 5.76 Å². The lowest BCUT2D eigenvalue weighted by molar-refractivity contribution is -0.148. The lowest BCUT2D eigenvalue weighted by Gasteiger charge is -2.23. The zero-order valence-corrected chi connectivity index (χ0v) is 18.4. The third-order valence-electron chi connectivity index (χ3n) is 4.72. The molecular weight excluding hydrogens is 467 g/mol. The summed E-state index contributed by atoms with van der Waals surface area (Å²) in [6, 6.07) is 17.0. The van der Waals surface area contributed by atoms with Crippen LogP contribution >= 0.6 is 7.82 Å². The molecule has 0 bridgehead atoms. The highest BCUT2D eigenvalue weighted by molar-refractivity contribution is 7.46. The van der Waals surface area contributed by atoms with Gasteiger partial charge in [0, 0.05) is 11.1 Å². The molecule has 1 heterocycles. The van der Waals surface area contributed by atoms with E-state index in [1.165, 1.54) is 0 Å². The van der Waals surface area contributed by atoms with Crippen molar-refractivity contribution >= 4 is 13.8 Å². The van der Waals surface area contributed by atoms with Crippen molar-refractivity contribution in [2.75, 3.05) is 6.61 Å². The quantitative estimate of drug-likeness (QED) is 0.329. The van der Waals surface area contributed by atoms with Crippen LogP contribution in [0.1, 0.15) is 22.3 Å². The third kappa shape index (κ3) is 6.00. The number of nitriles is 2. The van der Waals surface area contributed by atoms with Crippen molar-refractivity contribution in [1.82, 2.24) is 0 Å². The number of aliphatic hydroxyl groups excluding tert-OH is 1. The molecule has 0 fully saturated rings. The molecule has 0 spiro atoms. The Morgan fingerprint density at radius 1 is 0.971 bits per heavy atom. The van der Waals surface area contributed by atoms with Gasteiger partial charge < -0.3 is 29.1 Å². The molecule has 0 saturated heterocycles. The van der Waals surface area contributed by atoms with Crippen LogP contribution in [0.4, 0.5) is 0 Å². The van der Waals surface area contributed by atoms with Gasteiger partial charge in [0.05, 0.1) is 29.9 Å². The van der Waals surface area contributed by atoms with E-state index in [0.29, 0.717) is 22.3 Å². The maximum Gasteiger partial charge on any atom is 0.470 e. The van der Waals surface area contributed by atoms with Crippen LogP contribution in [0, 0.1) is 22.7 Å². The van der Waals surface area contributed by atoms with Gasteiger partial charge >= 0.3 is 13.8 Å². The fourth-order valence-electron chi connectivity index (χ4n) is 3.15. The summed E-state index contributed by atoms with van der Waals surface area (Å²) in [4.78, 5) is 30.9. The first-order valence-corrected chi connectivity index (χ1v) is 11.3. The summed E-state index contributed by atoms with van der Waals surface area (Å²) in [6.45, 7) is -1.36. The molecule has 0 radical (unpaired) electrons. The van der Waals surface area contributed by atoms with Crippen molar-refractivity contribution in [2.24, 2.45) is 0 Å². The van der Waals surface area contributed by atoms with E-state index in [4.69, 9.17) is 24.0 Å². The van der Waals surface area contributed by atoms with E-state index in [9.17, 15) is 25.0 Å². The molecule has 0 aromatic heterocycles. The van der Waals surface area contributed by atoms with E-state index < -0.39 is 38.4 Å². The molecule has 3 N–H and O–H groups in total. The molecule has 0 aliphatic carbocycles. The van der Waals surface area contributed by atoms with Crippen LogP contribution in [-0.2, 0) is 41.3 Å². The van der Waals surface area contributed by atoms with E-state index in [0.717, 1.165) is 0 Å². The molecule has 0 amide bonds. The summed E-state index contributed by atoms with van der Waals surface area (Å²) in [5, 5.41) is 28.2. The molecule has 1 aliphatic heterocycles. The summed E-state index contributed by atoms with van der Waals surface area (Å²) in [5.74, 6) is -1.71. The Balaban J connectivity index is 1.94. The molecule has 2 unspecified atom stereocenters. The SMILES string of the molecule is N#Cc1ccccc1COC1=C(OCc2ccccc2C#N)C(C(CO)OP(=O)(O)O)OC1=O. The number of esters is 1. The predicted molar refractivity (Wildman–Crippen MR) is 113 cm³/mol. The largest absolute Gasteiger partial charge is 0.485 e. The summed E-state index contributed by atoms with van der Waals surface area (Å²) >= 11 is 0. The second-order valence-corrected chi connectivity index (χ2v) is 8.14. The zero-order valence-electron chi connectivity index (χ0n) is 17.5. The van der Waals surface area contributed by atoms with Gasteiger partial charge in [0.15, 0.2) is 11.9 Å². The van der Waals surface area contributed by atoms with Crippen LogP contribution in [0.3, 0.4) is 0 Å². The first-order chi connectivity index (χ1) is 16.3. The molecule has 0 saturated carbocycles. The smallest absolute Gasteiger partial charge is 0.470 e. The van der Waals surface area contributed by atoms with Gasteiger partial charge in [-0.25, -0.2) is 9.36 Å². The normalized spacial score (nSPS) is 16.4. The summed E-state index contributed by atoms with van der Waals surface area (Å²) in [7, 11) is -5.07. The molecule has 11 nitrogen and oxygen atoms in total. The van der Waals surface area contributed by atoms with Gasteiger partial charge in [0.25, 0.3) is 0 Å². The number of phosphoric acid groups is 1. The van der Waals surface area contributed by atoms with E-state index in [1.807, 2.05) is 12.1 Å². The van der Waals surface area contributed by atoms with Gasteiger partial charge in [-0.2, -0.15) is 10.5 Å². The molecule has 34 heavy (non-hydrogen) atoms. The highest BCUT2D eigenvalue weighted by atomic mass is 31.2. The number of benzene rings is 2. The topological polar surface area (TPSA) is 179 Å². The van der Waals surface area contributed by atoms with Crippen LogP contribution in [0.2, 0.25) is 0 Å². The van der Waals surface area contributed by atoms with E-state index in [1.54, 1.807) is 48.5 Å². The fourth-order valence-corrected chi connectivity index (χ4v) is 3.68. The predicted octanol–water partition coefficient (Wildman–Crippen LogP) is 1.77. The van der Waals surface area contributed by atoms with Crippen LogP contribution in [0.15, 0.2) is 60.0 Å². The van der Waals surface area contributed by atoms with Gasteiger partial charge in [0.1, 0.15) is 19.3 Å². The first kappa shape index (κ1) is 24.9. The highest BCUT2D eigenvalue weighted by Crippen LogP contribution is 2.41. The molecule has 2 aromatic rings. The Morgan fingerprint density at radius 3 is 2.00 bits per heavy atom. The van der Waals surface area contributed by atoms with Gasteiger partial charge in [-0.1, -0.05) is 36.4 Å². The lowest BCUT2D eigenvalue weighted by Crippen LogP contribution is -2.34. The number of aliphatic hydroxyl groups is 1. The Morgan fingerprint density at radius 2 is 1.50 bits per heavy atom. The number of hydrogen-bond acceptors (Lipinski definition) is 9. The van der Waals surface area contributed by atoms with Gasteiger partial charge in [-0.3, -0.25) is 4.52 Å². The monoisotopic (exact) mass is 486 g/mol. The highest BCUT2D eigenvalue weighted by Gasteiger charge is 2.45. The Kier molecular flexibility index (Phi) is 8.03. The van der Waals surface area contributed by atoms with Gasteiger partial charge in [-0.05, 0) is 12.1 Å². The summed E-state index contributed by atoms with van der Waals surface area (Å²) in [6.07, 6.45) is -3.21. The van der Waals surface area contributed by atoms with E-state index in [-0.39, 0.29) is 19.0 Å². The number of carbonyl (C=O) groups is 1. The average Bonchev–Trinajstić information content (AvgIpc) is 3.14. The number of rotatable bonds is 10. The van der Waals surface area contributed by atoms with E-state index in [2.05, 4.69) is 4.52 Å². The molecule has 2 atom stereocenters. The molecule has 1 aliphatic rings. The van der Waals surface area contributed by atoms with Crippen molar-refractivity contribution < 1.29 is 43.0 Å². The Labute approximate surface area is 194 Å². The molecule has 3 rings (SSSR count). The van der Waals surface area contributed by atoms with Crippen molar-refractivity contribution in [3.05, 3.63) is 82.3 Å². The van der Waals surface area contributed by atoms with Crippen molar-refractivity contribution in [2.45, 2.75) is 25.4 Å². The third-order valence-corrected chi connectivity index (χ3v) is 5.27. The molecule has 2 aromatic carbocycles. The zero-order chi connectivity index (χ0) is 24.7. The maximum absolute atomic E-state index is 12.6. The average molecular weight is 486 g/mol. The van der Waals surface area contributed by atoms with Crippen molar-refractivity contribution in [1.29, 1.82) is 10.5 Å². The number of nitrogens with zero attached hydrogens (tertiary/aromatic N) is 2. The van der Waals surface area contributed by atoms with E-state index >= 15 is 0 Å². The minimum absolute atomic E-state index is 0.217. The number of hydrogen-bond donors (Lipinski definition) is 3. The van der Waals surface area contributed by atoms with Crippen LogP contribution in [-0.4, -0.2) is 39.7 Å². The minimum Gasteiger partial charge on any atom is -0.485 e. The number of ether oxygens (including phenoxy) is 3. The fraction of sp³-hybridized carbons (Fsp3) is 0.227. The number of carbonyl (C=O) groups excluding carboxylic acids is 1. The van der Waals surface area contributed by atoms with Crippen molar-refractivity contribution in [3.63, 3.8) is 0 Å². The molecular formula is C22H19N2O9P. The molecule has 12 heteroatoms. The van der Waals surface area contributed by atoms with Crippen LogP contribution in [0.25, 0.3) is 0 Å². The minimum atomic E-state index is -5.07.